The lowest BCUT2D eigenvalue weighted by Gasteiger charge is -2.38. The van der Waals surface area contributed by atoms with Crippen LogP contribution >= 0.6 is 0 Å². The minimum Gasteiger partial charge on any atom is -0.396 e. The Balaban J connectivity index is 2.35. The third kappa shape index (κ3) is 1.90. The van der Waals surface area contributed by atoms with Crippen LogP contribution in [0.1, 0.15) is 5.56 Å². The van der Waals surface area contributed by atoms with Crippen LogP contribution in [0.5, 0.6) is 0 Å². The summed E-state index contributed by atoms with van der Waals surface area (Å²) < 4.78 is 0. The Morgan fingerprint density at radius 2 is 2.41 bits per heavy atom. The zero-order valence-electron chi connectivity index (χ0n) is 8.91. The number of pyridine rings is 1. The number of nitriles is 1. The molecule has 7 heteroatoms. The normalized spacial score (nSPS) is 15.2. The summed E-state index contributed by atoms with van der Waals surface area (Å²) in [6, 6.07) is 3.11. The van der Waals surface area contributed by atoms with Crippen molar-refractivity contribution in [2.75, 3.05) is 24.6 Å². The van der Waals surface area contributed by atoms with E-state index in [2.05, 4.69) is 4.98 Å². The minimum absolute atomic E-state index is 0.00690. The first kappa shape index (κ1) is 11.3. The predicted octanol–water partition coefficient (Wildman–Crippen LogP) is 0.290. The number of hydrogen-bond acceptors (Lipinski definition) is 6. The summed E-state index contributed by atoms with van der Waals surface area (Å²) >= 11 is 0. The highest BCUT2D eigenvalue weighted by molar-refractivity contribution is 5.66. The standard InChI is InChI=1S/C10H10N4O3/c11-3-8-1-2-12-10(9(8)14(16)17)13-4-7(5-13)6-15/h1-2,7,15H,4-6H2. The number of anilines is 1. The van der Waals surface area contributed by atoms with Crippen molar-refractivity contribution in [1.29, 1.82) is 5.26 Å². The average Bonchev–Trinajstić information content (AvgIpc) is 2.27. The van der Waals surface area contributed by atoms with Gasteiger partial charge in [0.1, 0.15) is 11.6 Å². The second-order valence-corrected chi connectivity index (χ2v) is 3.85. The van der Waals surface area contributed by atoms with Gasteiger partial charge in [-0.1, -0.05) is 0 Å². The van der Waals surface area contributed by atoms with E-state index < -0.39 is 4.92 Å². The molecule has 0 unspecified atom stereocenters. The quantitative estimate of drug-likeness (QED) is 0.595. The van der Waals surface area contributed by atoms with Crippen LogP contribution in [0.25, 0.3) is 0 Å². The van der Waals surface area contributed by atoms with Crippen LogP contribution in [0.4, 0.5) is 11.5 Å². The molecular weight excluding hydrogens is 224 g/mol. The van der Waals surface area contributed by atoms with Crippen LogP contribution in [0.2, 0.25) is 0 Å². The number of nitrogens with zero attached hydrogens (tertiary/aromatic N) is 4. The van der Waals surface area contributed by atoms with Crippen molar-refractivity contribution in [2.24, 2.45) is 5.92 Å². The molecule has 2 heterocycles. The zero-order chi connectivity index (χ0) is 12.4. The summed E-state index contributed by atoms with van der Waals surface area (Å²) in [5, 5.41) is 28.7. The van der Waals surface area contributed by atoms with Gasteiger partial charge in [0.05, 0.1) is 4.92 Å². The number of aromatic nitrogens is 1. The highest BCUT2D eigenvalue weighted by atomic mass is 16.6. The van der Waals surface area contributed by atoms with Gasteiger partial charge in [0.25, 0.3) is 0 Å². The van der Waals surface area contributed by atoms with E-state index in [1.807, 2.05) is 0 Å². The first-order valence-corrected chi connectivity index (χ1v) is 5.06. The highest BCUT2D eigenvalue weighted by Crippen LogP contribution is 2.33. The Morgan fingerprint density at radius 3 is 2.94 bits per heavy atom. The van der Waals surface area contributed by atoms with Gasteiger partial charge < -0.3 is 10.0 Å². The molecule has 0 saturated carbocycles. The van der Waals surface area contributed by atoms with E-state index in [1.165, 1.54) is 12.3 Å². The molecule has 0 aromatic carbocycles. The number of aliphatic hydroxyl groups excluding tert-OH is 1. The minimum atomic E-state index is -0.590. The maximum Gasteiger partial charge on any atom is 0.329 e. The van der Waals surface area contributed by atoms with Gasteiger partial charge in [0.2, 0.25) is 5.82 Å². The van der Waals surface area contributed by atoms with Crippen molar-refractivity contribution in [1.82, 2.24) is 4.98 Å². The number of nitro groups is 1. The molecule has 0 aliphatic carbocycles. The molecule has 0 atom stereocenters. The van der Waals surface area contributed by atoms with Crippen LogP contribution in [0.15, 0.2) is 12.3 Å². The molecule has 1 aromatic rings. The highest BCUT2D eigenvalue weighted by Gasteiger charge is 2.33. The summed E-state index contributed by atoms with van der Waals surface area (Å²) in [5.74, 6) is 0.334. The van der Waals surface area contributed by atoms with Gasteiger partial charge in [-0.05, 0) is 6.07 Å². The molecule has 1 saturated heterocycles. The Morgan fingerprint density at radius 1 is 1.71 bits per heavy atom. The first-order chi connectivity index (χ1) is 8.17. The van der Waals surface area contributed by atoms with Gasteiger partial charge in [-0.3, -0.25) is 10.1 Å². The molecule has 1 N–H and O–H groups in total. The number of hydrogen-bond donors (Lipinski definition) is 1. The second kappa shape index (κ2) is 4.35. The predicted molar refractivity (Wildman–Crippen MR) is 58.4 cm³/mol. The van der Waals surface area contributed by atoms with Crippen molar-refractivity contribution < 1.29 is 10.0 Å². The van der Waals surface area contributed by atoms with Gasteiger partial charge >= 0.3 is 5.69 Å². The monoisotopic (exact) mass is 234 g/mol. The summed E-state index contributed by atoms with van der Waals surface area (Å²) in [7, 11) is 0. The largest absolute Gasteiger partial charge is 0.396 e. The second-order valence-electron chi connectivity index (χ2n) is 3.85. The van der Waals surface area contributed by atoms with Crippen molar-refractivity contribution in [2.45, 2.75) is 0 Å². The van der Waals surface area contributed by atoms with Gasteiger partial charge in [-0.25, -0.2) is 4.98 Å². The van der Waals surface area contributed by atoms with Crippen LogP contribution in [-0.4, -0.2) is 34.7 Å². The van der Waals surface area contributed by atoms with E-state index in [0.717, 1.165) is 0 Å². The lowest BCUT2D eigenvalue weighted by molar-refractivity contribution is -0.384. The average molecular weight is 234 g/mol. The Labute approximate surface area is 97.1 Å². The van der Waals surface area contributed by atoms with Crippen molar-refractivity contribution >= 4 is 11.5 Å². The summed E-state index contributed by atoms with van der Waals surface area (Å²) in [4.78, 5) is 16.0. The molecular formula is C10H10N4O3. The van der Waals surface area contributed by atoms with E-state index in [9.17, 15) is 10.1 Å². The first-order valence-electron chi connectivity index (χ1n) is 5.06. The van der Waals surface area contributed by atoms with Crippen molar-refractivity contribution in [3.05, 3.63) is 27.9 Å². The maximum atomic E-state index is 10.9. The van der Waals surface area contributed by atoms with E-state index in [-0.39, 0.29) is 29.6 Å². The van der Waals surface area contributed by atoms with E-state index in [1.54, 1.807) is 11.0 Å². The molecule has 1 fully saturated rings. The molecule has 1 aliphatic heterocycles. The molecule has 17 heavy (non-hydrogen) atoms. The molecule has 0 radical (unpaired) electrons. The maximum absolute atomic E-state index is 10.9. The fraction of sp³-hybridized carbons (Fsp3) is 0.400. The van der Waals surface area contributed by atoms with Gasteiger partial charge in [-0.15, -0.1) is 0 Å². The smallest absolute Gasteiger partial charge is 0.329 e. The molecule has 1 aromatic heterocycles. The summed E-state index contributed by atoms with van der Waals surface area (Å²) in [6.45, 7) is 1.11. The van der Waals surface area contributed by atoms with Crippen molar-refractivity contribution in [3.8, 4) is 6.07 Å². The molecule has 0 amide bonds. The van der Waals surface area contributed by atoms with E-state index in [0.29, 0.717) is 13.1 Å². The van der Waals surface area contributed by atoms with E-state index >= 15 is 0 Å². The molecule has 1 aliphatic rings. The van der Waals surface area contributed by atoms with Crippen molar-refractivity contribution in [3.63, 3.8) is 0 Å². The van der Waals surface area contributed by atoms with E-state index in [4.69, 9.17) is 10.4 Å². The Hall–Kier alpha value is -2.20. The van der Waals surface area contributed by atoms with Crippen LogP contribution in [-0.2, 0) is 0 Å². The fourth-order valence-electron chi connectivity index (χ4n) is 1.80. The van der Waals surface area contributed by atoms with Gasteiger partial charge in [0.15, 0.2) is 0 Å². The third-order valence-corrected chi connectivity index (χ3v) is 2.72. The lowest BCUT2D eigenvalue weighted by atomic mass is 10.0. The van der Waals surface area contributed by atoms with Crippen LogP contribution in [0.3, 0.4) is 0 Å². The summed E-state index contributed by atoms with van der Waals surface area (Å²) in [6.07, 6.45) is 1.38. The molecule has 88 valence electrons. The molecule has 0 spiro atoms. The number of aliphatic hydroxyl groups is 1. The zero-order valence-corrected chi connectivity index (χ0v) is 8.91. The SMILES string of the molecule is N#Cc1ccnc(N2CC(CO)C2)c1[N+](=O)[O-]. The topological polar surface area (TPSA) is 103 Å². The van der Waals surface area contributed by atoms with Gasteiger partial charge in [0, 0.05) is 31.8 Å². The van der Waals surface area contributed by atoms with Gasteiger partial charge in [-0.2, -0.15) is 5.26 Å². The summed E-state index contributed by atoms with van der Waals surface area (Å²) in [5.41, 5.74) is -0.251. The van der Waals surface area contributed by atoms with Crippen LogP contribution in [0, 0.1) is 27.4 Å². The molecule has 0 bridgehead atoms. The fourth-order valence-corrected chi connectivity index (χ4v) is 1.80. The molecule has 7 nitrogen and oxygen atoms in total. The Bertz CT molecular complexity index is 491. The van der Waals surface area contributed by atoms with Crippen LogP contribution < -0.4 is 4.90 Å². The molecule has 2 rings (SSSR count). The lowest BCUT2D eigenvalue weighted by Crippen LogP contribution is -2.49. The number of rotatable bonds is 3. The Kier molecular flexibility index (Phi) is 2.89. The third-order valence-electron chi connectivity index (χ3n) is 2.72.